The minimum atomic E-state index is 0.186. The third-order valence-corrected chi connectivity index (χ3v) is 3.22. The van der Waals surface area contributed by atoms with E-state index in [2.05, 4.69) is 17.9 Å². The summed E-state index contributed by atoms with van der Waals surface area (Å²) in [5.41, 5.74) is 3.48. The highest BCUT2D eigenvalue weighted by Crippen LogP contribution is 2.24. The number of ether oxygens (including phenoxy) is 1. The van der Waals surface area contributed by atoms with E-state index >= 15 is 0 Å². The lowest BCUT2D eigenvalue weighted by atomic mass is 9.64. The van der Waals surface area contributed by atoms with Crippen LogP contribution in [0, 0.1) is 6.92 Å². The fourth-order valence-electron chi connectivity index (χ4n) is 2.16. The Labute approximate surface area is 107 Å². The predicted octanol–water partition coefficient (Wildman–Crippen LogP) is 2.54. The molecule has 0 saturated carbocycles. The Morgan fingerprint density at radius 1 is 1.33 bits per heavy atom. The predicted molar refractivity (Wildman–Crippen MR) is 71.5 cm³/mol. The van der Waals surface area contributed by atoms with Gasteiger partial charge in [-0.1, -0.05) is 19.0 Å². The Hall–Kier alpha value is -1.81. The van der Waals surface area contributed by atoms with Crippen LogP contribution in [-0.4, -0.2) is 11.9 Å². The number of rotatable bonds is 2. The van der Waals surface area contributed by atoms with Crippen LogP contribution in [0.4, 0.5) is 0 Å². The van der Waals surface area contributed by atoms with Crippen LogP contribution in [-0.2, 0) is 11.3 Å². The van der Waals surface area contributed by atoms with Crippen LogP contribution < -0.4 is 10.2 Å². The molecule has 2 aromatic rings. The summed E-state index contributed by atoms with van der Waals surface area (Å²) < 4.78 is 11.4. The van der Waals surface area contributed by atoms with Gasteiger partial charge in [-0.25, -0.2) is 4.98 Å². The maximum atomic E-state index is 5.80. The summed E-state index contributed by atoms with van der Waals surface area (Å²) in [6.45, 7) is 4.90. The highest BCUT2D eigenvalue weighted by atomic mass is 16.5. The zero-order valence-electron chi connectivity index (χ0n) is 10.5. The van der Waals surface area contributed by atoms with Crippen molar-refractivity contribution in [2.24, 2.45) is 0 Å². The molecule has 0 atom stereocenters. The first kappa shape index (κ1) is 11.3. The second-order valence-corrected chi connectivity index (χ2v) is 4.54. The van der Waals surface area contributed by atoms with Gasteiger partial charge in [-0.2, -0.15) is 0 Å². The van der Waals surface area contributed by atoms with Gasteiger partial charge in [0.1, 0.15) is 5.75 Å². The summed E-state index contributed by atoms with van der Waals surface area (Å²) in [6.07, 6.45) is 1.74. The Bertz CT molecular complexity index is 586. The average molecular weight is 239 g/mol. The molecule has 0 amide bonds. The van der Waals surface area contributed by atoms with Gasteiger partial charge in [0.2, 0.25) is 5.88 Å². The molecule has 4 heteroatoms. The lowest BCUT2D eigenvalue weighted by Crippen LogP contribution is -2.23. The van der Waals surface area contributed by atoms with Gasteiger partial charge < -0.3 is 9.39 Å². The molecule has 1 aromatic heterocycles. The number of hydrogen-bond acceptors (Lipinski definition) is 3. The van der Waals surface area contributed by atoms with Crippen molar-refractivity contribution < 1.29 is 9.39 Å². The molecule has 0 N–H and O–H groups in total. The molecule has 2 heterocycles. The first-order chi connectivity index (χ1) is 8.74. The number of pyridine rings is 1. The minimum Gasteiger partial charge on any atom is -0.439 e. The smallest absolute Gasteiger partial charge is 0.324 e. The molecule has 0 unspecified atom stereocenters. The van der Waals surface area contributed by atoms with E-state index in [1.54, 1.807) is 6.20 Å². The first-order valence-electron chi connectivity index (χ1n) is 6.08. The number of nitrogens with zero attached hydrogens (tertiary/aromatic N) is 1. The largest absolute Gasteiger partial charge is 0.439 e. The molecular weight excluding hydrogens is 225 g/mol. The van der Waals surface area contributed by atoms with E-state index in [4.69, 9.17) is 9.39 Å². The molecule has 1 aliphatic rings. The molecule has 3 rings (SSSR count). The van der Waals surface area contributed by atoms with Gasteiger partial charge in [-0.15, -0.1) is 0 Å². The monoisotopic (exact) mass is 239 g/mol. The van der Waals surface area contributed by atoms with Gasteiger partial charge in [0.25, 0.3) is 0 Å². The maximum absolute atomic E-state index is 5.80. The van der Waals surface area contributed by atoms with Gasteiger partial charge in [0.15, 0.2) is 0 Å². The third-order valence-electron chi connectivity index (χ3n) is 3.22. The zero-order valence-corrected chi connectivity index (χ0v) is 10.5. The second kappa shape index (κ2) is 4.46. The van der Waals surface area contributed by atoms with Crippen molar-refractivity contribution >= 4 is 12.4 Å². The lowest BCUT2D eigenvalue weighted by Gasteiger charge is -2.08. The molecule has 18 heavy (non-hydrogen) atoms. The molecule has 3 nitrogen and oxygen atoms in total. The highest BCUT2D eigenvalue weighted by Gasteiger charge is 2.23. The zero-order chi connectivity index (χ0) is 12.5. The van der Waals surface area contributed by atoms with Crippen LogP contribution in [0.2, 0.25) is 6.82 Å². The molecule has 90 valence electrons. The van der Waals surface area contributed by atoms with E-state index < -0.39 is 0 Å². The van der Waals surface area contributed by atoms with Crippen molar-refractivity contribution in [1.82, 2.24) is 4.98 Å². The lowest BCUT2D eigenvalue weighted by molar-refractivity contribution is 0.333. The maximum Gasteiger partial charge on any atom is 0.324 e. The Morgan fingerprint density at radius 2 is 2.22 bits per heavy atom. The average Bonchev–Trinajstić information content (AvgIpc) is 2.74. The molecule has 1 aromatic carbocycles. The van der Waals surface area contributed by atoms with Crippen molar-refractivity contribution in [2.45, 2.75) is 20.4 Å². The van der Waals surface area contributed by atoms with Crippen molar-refractivity contribution in [3.05, 3.63) is 47.7 Å². The normalized spacial score (nSPS) is 13.6. The topological polar surface area (TPSA) is 31.4 Å². The molecule has 0 fully saturated rings. The summed E-state index contributed by atoms with van der Waals surface area (Å²) in [5, 5.41) is 0. The number of aryl methyl sites for hydroxylation is 1. The van der Waals surface area contributed by atoms with Gasteiger partial charge in [0.05, 0.1) is 6.61 Å². The number of benzene rings is 1. The van der Waals surface area contributed by atoms with Gasteiger partial charge in [-0.3, -0.25) is 0 Å². The Kier molecular flexibility index (Phi) is 2.80. The van der Waals surface area contributed by atoms with Gasteiger partial charge in [0, 0.05) is 11.8 Å². The standard InChI is InChI=1S/C14H14BNO2/c1-10-4-3-7-16-14(10)18-12-5-6-13-11(8-12)9-17-15(13)2/h3-8H,9H2,1-2H3. The molecular formula is C14H14BNO2. The van der Waals surface area contributed by atoms with E-state index in [-0.39, 0.29) is 6.92 Å². The molecule has 0 bridgehead atoms. The summed E-state index contributed by atoms with van der Waals surface area (Å²) >= 11 is 0. The number of fused-ring (bicyclic) bond motifs is 1. The van der Waals surface area contributed by atoms with Gasteiger partial charge in [-0.05, 0) is 36.1 Å². The van der Waals surface area contributed by atoms with Crippen LogP contribution in [0.25, 0.3) is 0 Å². The third kappa shape index (κ3) is 2.00. The van der Waals surface area contributed by atoms with Crippen LogP contribution in [0.1, 0.15) is 11.1 Å². The highest BCUT2D eigenvalue weighted by molar-refractivity contribution is 6.67. The van der Waals surface area contributed by atoms with E-state index in [1.807, 2.05) is 31.2 Å². The van der Waals surface area contributed by atoms with Crippen molar-refractivity contribution in [3.8, 4) is 11.6 Å². The minimum absolute atomic E-state index is 0.186. The van der Waals surface area contributed by atoms with Crippen molar-refractivity contribution in [3.63, 3.8) is 0 Å². The first-order valence-corrected chi connectivity index (χ1v) is 6.08. The molecule has 0 aliphatic carbocycles. The number of aromatic nitrogens is 1. The van der Waals surface area contributed by atoms with E-state index in [0.717, 1.165) is 11.3 Å². The molecule has 0 radical (unpaired) electrons. The Morgan fingerprint density at radius 3 is 3.06 bits per heavy atom. The number of hydrogen-bond donors (Lipinski definition) is 0. The second-order valence-electron chi connectivity index (χ2n) is 4.54. The molecule has 0 spiro atoms. The van der Waals surface area contributed by atoms with E-state index in [9.17, 15) is 0 Å². The summed E-state index contributed by atoms with van der Waals surface area (Å²) in [4.78, 5) is 4.23. The van der Waals surface area contributed by atoms with E-state index in [1.165, 1.54) is 11.0 Å². The Balaban J connectivity index is 1.89. The molecule has 0 saturated heterocycles. The molecule has 1 aliphatic heterocycles. The van der Waals surface area contributed by atoms with Crippen LogP contribution in [0.3, 0.4) is 0 Å². The quantitative estimate of drug-likeness (QED) is 0.754. The SMILES string of the molecule is CB1OCc2cc(Oc3ncccc3C)ccc21. The van der Waals surface area contributed by atoms with Crippen LogP contribution in [0.5, 0.6) is 11.6 Å². The van der Waals surface area contributed by atoms with Gasteiger partial charge >= 0.3 is 6.92 Å². The fourth-order valence-corrected chi connectivity index (χ4v) is 2.16. The fraction of sp³-hybridized carbons (Fsp3) is 0.214. The van der Waals surface area contributed by atoms with Crippen molar-refractivity contribution in [1.29, 1.82) is 0 Å². The van der Waals surface area contributed by atoms with Crippen LogP contribution in [0.15, 0.2) is 36.5 Å². The summed E-state index contributed by atoms with van der Waals surface area (Å²) in [5.74, 6) is 1.47. The summed E-state index contributed by atoms with van der Waals surface area (Å²) in [6, 6.07) is 9.97. The van der Waals surface area contributed by atoms with E-state index in [0.29, 0.717) is 12.5 Å². The summed E-state index contributed by atoms with van der Waals surface area (Å²) in [7, 11) is 0. The van der Waals surface area contributed by atoms with Crippen LogP contribution >= 0.6 is 0 Å². The van der Waals surface area contributed by atoms with Crippen molar-refractivity contribution in [2.75, 3.05) is 0 Å².